The number of ether oxygens (including phenoxy) is 3. The van der Waals surface area contributed by atoms with Crippen LogP contribution in [0.3, 0.4) is 0 Å². The lowest BCUT2D eigenvalue weighted by molar-refractivity contribution is 0.0780. The summed E-state index contributed by atoms with van der Waals surface area (Å²) in [6.45, 7) is 3.02. The number of thiophene rings is 1. The number of nitrogens with two attached hydrogens (primary N) is 1. The zero-order chi connectivity index (χ0) is 29.5. The number of hydrogen-bond acceptors (Lipinski definition) is 10. The summed E-state index contributed by atoms with van der Waals surface area (Å²) in [4.78, 5) is 13.5. The van der Waals surface area contributed by atoms with Crippen LogP contribution >= 0.6 is 11.3 Å². The Labute approximate surface area is 248 Å². The molecule has 8 rings (SSSR count). The molecular formula is C30H27F3N6O3S. The van der Waals surface area contributed by atoms with E-state index in [-0.39, 0.29) is 57.0 Å². The Balaban J connectivity index is 1.32. The number of rotatable bonds is 4. The highest BCUT2D eigenvalue weighted by atomic mass is 32.1. The minimum atomic E-state index is -0.920. The molecule has 3 atom stereocenters. The number of aromatic nitrogens is 2. The highest BCUT2D eigenvalue weighted by Gasteiger charge is 2.49. The van der Waals surface area contributed by atoms with Crippen LogP contribution < -0.4 is 20.1 Å². The Morgan fingerprint density at radius 2 is 2.07 bits per heavy atom. The van der Waals surface area contributed by atoms with Crippen molar-refractivity contribution in [2.45, 2.75) is 37.0 Å². The third kappa shape index (κ3) is 4.03. The van der Waals surface area contributed by atoms with Crippen molar-refractivity contribution >= 4 is 43.1 Å². The van der Waals surface area contributed by atoms with Crippen LogP contribution in [-0.2, 0) is 4.74 Å². The van der Waals surface area contributed by atoms with Crippen LogP contribution in [-0.4, -0.2) is 78.7 Å². The van der Waals surface area contributed by atoms with Gasteiger partial charge >= 0.3 is 6.01 Å². The van der Waals surface area contributed by atoms with E-state index in [0.29, 0.717) is 55.2 Å². The number of hydrogen-bond donors (Lipinski definition) is 1. The fourth-order valence-corrected chi connectivity index (χ4v) is 8.17. The van der Waals surface area contributed by atoms with Gasteiger partial charge in [0, 0.05) is 30.5 Å². The molecule has 0 bridgehead atoms. The molecule has 4 aliphatic rings. The fraction of sp³-hybridized carbons (Fsp3) is 0.433. The zero-order valence-corrected chi connectivity index (χ0v) is 23.9. The molecule has 0 spiro atoms. The number of alkyl halides is 1. The van der Waals surface area contributed by atoms with Crippen molar-refractivity contribution < 1.29 is 27.4 Å². The van der Waals surface area contributed by atoms with E-state index in [1.807, 2.05) is 11.0 Å². The minimum absolute atomic E-state index is 0.0121. The van der Waals surface area contributed by atoms with Gasteiger partial charge in [-0.15, -0.1) is 11.3 Å². The molecule has 4 aromatic rings. The Bertz CT molecular complexity index is 1850. The minimum Gasteiger partial charge on any atom is -0.490 e. The van der Waals surface area contributed by atoms with Gasteiger partial charge in [0.15, 0.2) is 5.82 Å². The Hall–Kier alpha value is -3.86. The third-order valence-electron chi connectivity index (χ3n) is 9.22. The van der Waals surface area contributed by atoms with Crippen LogP contribution in [0.1, 0.15) is 24.8 Å². The molecule has 2 aromatic carbocycles. The number of fused-ring (bicyclic) bond motifs is 4. The molecule has 2 N–H and O–H groups in total. The quantitative estimate of drug-likeness (QED) is 0.350. The molecule has 3 saturated heterocycles. The highest BCUT2D eigenvalue weighted by Crippen LogP contribution is 2.47. The van der Waals surface area contributed by atoms with Crippen molar-refractivity contribution in [1.29, 1.82) is 5.26 Å². The molecule has 6 heterocycles. The van der Waals surface area contributed by atoms with E-state index in [0.717, 1.165) is 30.7 Å². The molecule has 3 fully saturated rings. The van der Waals surface area contributed by atoms with E-state index >= 15 is 4.39 Å². The van der Waals surface area contributed by atoms with Crippen LogP contribution in [0.2, 0.25) is 0 Å². The van der Waals surface area contributed by atoms with Crippen LogP contribution in [0.25, 0.3) is 32.1 Å². The van der Waals surface area contributed by atoms with E-state index in [4.69, 9.17) is 24.9 Å². The maximum absolute atomic E-state index is 16.8. The van der Waals surface area contributed by atoms with Gasteiger partial charge in [-0.1, -0.05) is 6.07 Å². The largest absolute Gasteiger partial charge is 0.490 e. The van der Waals surface area contributed by atoms with E-state index in [9.17, 15) is 14.0 Å². The molecule has 4 aliphatic heterocycles. The number of nitrogen functional groups attached to an aromatic ring is 1. The summed E-state index contributed by atoms with van der Waals surface area (Å²) in [7, 11) is 0. The average Bonchev–Trinajstić information content (AvgIpc) is 3.61. The number of halogens is 3. The molecular weight excluding hydrogens is 581 g/mol. The molecule has 0 aliphatic carbocycles. The second-order valence-corrected chi connectivity index (χ2v) is 12.7. The first-order valence-corrected chi connectivity index (χ1v) is 15.1. The first-order valence-electron chi connectivity index (χ1n) is 14.3. The van der Waals surface area contributed by atoms with Crippen molar-refractivity contribution in [2.75, 3.05) is 56.7 Å². The van der Waals surface area contributed by atoms with Gasteiger partial charge in [-0.3, -0.25) is 4.90 Å². The number of benzene rings is 2. The first kappa shape index (κ1) is 26.7. The third-order valence-corrected chi connectivity index (χ3v) is 10.2. The summed E-state index contributed by atoms with van der Waals surface area (Å²) < 4.78 is 64.3. The summed E-state index contributed by atoms with van der Waals surface area (Å²) in [5.74, 6) is -0.399. The number of nitrogens with zero attached hydrogens (tertiary/aromatic N) is 5. The summed E-state index contributed by atoms with van der Waals surface area (Å²) in [6.07, 6.45) is 1.22. The lowest BCUT2D eigenvalue weighted by Gasteiger charge is -2.35. The number of nitriles is 1. The molecule has 9 nitrogen and oxygen atoms in total. The van der Waals surface area contributed by atoms with Gasteiger partial charge in [0.1, 0.15) is 53.4 Å². The van der Waals surface area contributed by atoms with Gasteiger partial charge in [0.2, 0.25) is 0 Å². The number of morpholine rings is 1. The smallest absolute Gasteiger partial charge is 0.319 e. The summed E-state index contributed by atoms with van der Waals surface area (Å²) in [5, 5.41) is 10.6. The van der Waals surface area contributed by atoms with Gasteiger partial charge < -0.3 is 24.8 Å². The second-order valence-electron chi connectivity index (χ2n) is 11.6. The van der Waals surface area contributed by atoms with Gasteiger partial charge in [-0.2, -0.15) is 15.2 Å². The second kappa shape index (κ2) is 9.83. The Morgan fingerprint density at radius 3 is 2.93 bits per heavy atom. The van der Waals surface area contributed by atoms with Crippen molar-refractivity contribution in [3.8, 4) is 29.0 Å². The van der Waals surface area contributed by atoms with Crippen molar-refractivity contribution in [3.05, 3.63) is 35.4 Å². The van der Waals surface area contributed by atoms with Crippen molar-refractivity contribution in [1.82, 2.24) is 14.9 Å². The van der Waals surface area contributed by atoms with Gasteiger partial charge in [-0.25, -0.2) is 13.2 Å². The zero-order valence-electron chi connectivity index (χ0n) is 23.0. The average molecular weight is 609 g/mol. The molecule has 43 heavy (non-hydrogen) atoms. The Kier molecular flexibility index (Phi) is 6.12. The molecule has 13 heteroatoms. The van der Waals surface area contributed by atoms with Crippen molar-refractivity contribution in [3.63, 3.8) is 0 Å². The van der Waals surface area contributed by atoms with Gasteiger partial charge in [0.25, 0.3) is 0 Å². The molecule has 0 amide bonds. The SMILES string of the molecule is N#Cc1c(N)sc2c(F)ccc(-c3cc4c5c(nc(OC[C@@]67CCCN6C[C@H](F)C7)nc5c3F)N3CCOC[C@H]3CO4)c12. The molecule has 2 aromatic heterocycles. The van der Waals surface area contributed by atoms with Crippen molar-refractivity contribution in [2.24, 2.45) is 0 Å². The summed E-state index contributed by atoms with van der Waals surface area (Å²) in [5.41, 5.74) is 6.08. The Morgan fingerprint density at radius 1 is 1.19 bits per heavy atom. The predicted octanol–water partition coefficient (Wildman–Crippen LogP) is 4.80. The molecule has 0 radical (unpaired) electrons. The van der Waals surface area contributed by atoms with Gasteiger partial charge in [0.05, 0.1) is 40.4 Å². The van der Waals surface area contributed by atoms with E-state index < -0.39 is 23.3 Å². The molecule has 222 valence electrons. The van der Waals surface area contributed by atoms with Crippen LogP contribution in [0.4, 0.5) is 24.0 Å². The van der Waals surface area contributed by atoms with Crippen LogP contribution in [0, 0.1) is 23.0 Å². The summed E-state index contributed by atoms with van der Waals surface area (Å²) >= 11 is 0.947. The van der Waals surface area contributed by atoms with E-state index in [1.165, 1.54) is 12.1 Å². The molecule has 0 unspecified atom stereocenters. The number of anilines is 2. The van der Waals surface area contributed by atoms with E-state index in [2.05, 4.69) is 9.88 Å². The van der Waals surface area contributed by atoms with Gasteiger partial charge in [-0.05, 0) is 37.1 Å². The first-order chi connectivity index (χ1) is 20.9. The predicted molar refractivity (Wildman–Crippen MR) is 155 cm³/mol. The maximum atomic E-state index is 16.8. The van der Waals surface area contributed by atoms with Crippen LogP contribution in [0.5, 0.6) is 11.8 Å². The topological polar surface area (TPSA) is 110 Å². The lowest BCUT2D eigenvalue weighted by atomic mass is 9.95. The standard InChI is InChI=1S/C30H27F3N6O3S/c31-15-9-30(4-1-5-38(30)11-15)14-42-29-36-25-23-21(41-13-16-12-40-7-6-39(16)28(23)37-29)8-18(24(25)33)17-2-3-20(32)26-22(17)19(10-34)27(35)43-26/h2-3,8,15-16H,1,4-7,9,11-14,35H2/t15-,16+,30+/m1/s1. The van der Waals surface area contributed by atoms with E-state index in [1.54, 1.807) is 6.07 Å². The fourth-order valence-electron chi connectivity index (χ4n) is 7.22. The monoisotopic (exact) mass is 608 g/mol. The summed E-state index contributed by atoms with van der Waals surface area (Å²) in [6, 6.07) is 6.09. The maximum Gasteiger partial charge on any atom is 0.319 e. The lowest BCUT2D eigenvalue weighted by Crippen LogP contribution is -2.48. The molecule has 0 saturated carbocycles. The normalized spacial score (nSPS) is 24.9. The van der Waals surface area contributed by atoms with Crippen LogP contribution in [0.15, 0.2) is 18.2 Å². The highest BCUT2D eigenvalue weighted by molar-refractivity contribution is 7.23.